The second kappa shape index (κ2) is 8.33. The molecule has 2 unspecified atom stereocenters. The van der Waals surface area contributed by atoms with Crippen LogP contribution < -0.4 is 5.32 Å². The summed E-state index contributed by atoms with van der Waals surface area (Å²) in [5.74, 6) is 1.26. The molecule has 0 bridgehead atoms. The molecule has 144 valence electrons. The summed E-state index contributed by atoms with van der Waals surface area (Å²) in [4.78, 5) is 17.1. The van der Waals surface area contributed by atoms with Crippen molar-refractivity contribution in [3.8, 4) is 22.8 Å². The summed E-state index contributed by atoms with van der Waals surface area (Å²) in [6, 6.07) is 17.3. The highest BCUT2D eigenvalue weighted by Gasteiger charge is 2.31. The minimum atomic E-state index is -0.509. The molecule has 4 rings (SSSR count). The SMILES string of the molecule is COC(C(=O)Nc1ccc(-c2nc(-c3ccccc3)n[nH]2)cc1)C1CCOC1. The van der Waals surface area contributed by atoms with Crippen LogP contribution in [0.1, 0.15) is 6.42 Å². The number of methoxy groups -OCH3 is 1. The van der Waals surface area contributed by atoms with Crippen LogP contribution in [-0.4, -0.2) is 47.5 Å². The van der Waals surface area contributed by atoms with Gasteiger partial charge in [-0.2, -0.15) is 5.10 Å². The molecule has 1 aromatic heterocycles. The number of carbonyl (C=O) groups excluding carboxylic acids is 1. The monoisotopic (exact) mass is 378 g/mol. The summed E-state index contributed by atoms with van der Waals surface area (Å²) in [5.41, 5.74) is 2.55. The van der Waals surface area contributed by atoms with Crippen molar-refractivity contribution in [2.24, 2.45) is 5.92 Å². The summed E-state index contributed by atoms with van der Waals surface area (Å²) in [7, 11) is 1.56. The third-order valence-electron chi connectivity index (χ3n) is 4.85. The van der Waals surface area contributed by atoms with Gasteiger partial charge in [-0.3, -0.25) is 9.89 Å². The van der Waals surface area contributed by atoms with E-state index in [-0.39, 0.29) is 11.8 Å². The standard InChI is InChI=1S/C21H22N4O3/c1-27-18(16-11-12-28-13-16)21(26)22-17-9-7-15(8-10-17)20-23-19(24-25-20)14-5-3-2-4-6-14/h2-10,16,18H,11-13H2,1H3,(H,22,26)(H,23,24,25). The minimum Gasteiger partial charge on any atom is -0.381 e. The predicted molar refractivity (Wildman–Crippen MR) is 106 cm³/mol. The topological polar surface area (TPSA) is 89.1 Å². The number of amides is 1. The van der Waals surface area contributed by atoms with Gasteiger partial charge < -0.3 is 14.8 Å². The number of aromatic nitrogens is 3. The van der Waals surface area contributed by atoms with Gasteiger partial charge in [-0.25, -0.2) is 4.98 Å². The van der Waals surface area contributed by atoms with Crippen molar-refractivity contribution < 1.29 is 14.3 Å². The van der Waals surface area contributed by atoms with E-state index >= 15 is 0 Å². The number of anilines is 1. The zero-order valence-electron chi connectivity index (χ0n) is 15.6. The molecule has 0 spiro atoms. The molecule has 1 amide bonds. The minimum absolute atomic E-state index is 0.0925. The number of nitrogens with zero attached hydrogens (tertiary/aromatic N) is 2. The number of benzene rings is 2. The average molecular weight is 378 g/mol. The van der Waals surface area contributed by atoms with Crippen molar-refractivity contribution in [2.75, 3.05) is 25.6 Å². The summed E-state index contributed by atoms with van der Waals surface area (Å²) in [5, 5.41) is 10.2. The first-order valence-corrected chi connectivity index (χ1v) is 9.24. The molecule has 28 heavy (non-hydrogen) atoms. The Morgan fingerprint density at radius 1 is 1.18 bits per heavy atom. The van der Waals surface area contributed by atoms with E-state index in [0.717, 1.165) is 17.5 Å². The van der Waals surface area contributed by atoms with E-state index in [0.29, 0.717) is 30.5 Å². The van der Waals surface area contributed by atoms with Gasteiger partial charge in [0.05, 0.1) is 6.61 Å². The quantitative estimate of drug-likeness (QED) is 0.688. The molecular weight excluding hydrogens is 356 g/mol. The van der Waals surface area contributed by atoms with Crippen LogP contribution in [0, 0.1) is 5.92 Å². The van der Waals surface area contributed by atoms with Crippen LogP contribution in [0.2, 0.25) is 0 Å². The largest absolute Gasteiger partial charge is 0.381 e. The Kier molecular flexibility index (Phi) is 5.45. The lowest BCUT2D eigenvalue weighted by Gasteiger charge is -2.20. The van der Waals surface area contributed by atoms with Crippen LogP contribution in [-0.2, 0) is 14.3 Å². The summed E-state index contributed by atoms with van der Waals surface area (Å²) < 4.78 is 10.8. The molecular formula is C21H22N4O3. The fourth-order valence-electron chi connectivity index (χ4n) is 3.34. The van der Waals surface area contributed by atoms with Gasteiger partial charge in [-0.1, -0.05) is 30.3 Å². The molecule has 0 aliphatic carbocycles. The predicted octanol–water partition coefficient (Wildman–Crippen LogP) is 3.13. The maximum absolute atomic E-state index is 12.5. The van der Waals surface area contributed by atoms with Crippen LogP contribution in [0.5, 0.6) is 0 Å². The van der Waals surface area contributed by atoms with E-state index in [2.05, 4.69) is 20.5 Å². The molecule has 0 radical (unpaired) electrons. The third kappa shape index (κ3) is 3.95. The highest BCUT2D eigenvalue weighted by molar-refractivity contribution is 5.94. The zero-order chi connectivity index (χ0) is 19.3. The van der Waals surface area contributed by atoms with E-state index < -0.39 is 6.10 Å². The first kappa shape index (κ1) is 18.3. The molecule has 0 saturated carbocycles. The number of ether oxygens (including phenoxy) is 2. The molecule has 2 heterocycles. The van der Waals surface area contributed by atoms with Crippen LogP contribution >= 0.6 is 0 Å². The van der Waals surface area contributed by atoms with Crippen molar-refractivity contribution in [3.05, 3.63) is 54.6 Å². The summed E-state index contributed by atoms with van der Waals surface area (Å²) >= 11 is 0. The number of nitrogens with one attached hydrogen (secondary N) is 2. The van der Waals surface area contributed by atoms with Crippen molar-refractivity contribution >= 4 is 11.6 Å². The summed E-state index contributed by atoms with van der Waals surface area (Å²) in [6.07, 6.45) is 0.324. The molecule has 7 nitrogen and oxygen atoms in total. The Balaban J connectivity index is 1.44. The Morgan fingerprint density at radius 3 is 2.64 bits per heavy atom. The molecule has 3 aromatic rings. The van der Waals surface area contributed by atoms with Crippen molar-refractivity contribution in [2.45, 2.75) is 12.5 Å². The Labute approximate surface area is 163 Å². The van der Waals surface area contributed by atoms with Crippen LogP contribution in [0.4, 0.5) is 5.69 Å². The molecule has 1 aliphatic rings. The van der Waals surface area contributed by atoms with Crippen LogP contribution in [0.15, 0.2) is 54.6 Å². The second-order valence-electron chi connectivity index (χ2n) is 6.72. The maximum atomic E-state index is 12.5. The number of hydrogen-bond donors (Lipinski definition) is 2. The van der Waals surface area contributed by atoms with Crippen molar-refractivity contribution in [1.82, 2.24) is 15.2 Å². The van der Waals surface area contributed by atoms with Crippen molar-refractivity contribution in [1.29, 1.82) is 0 Å². The van der Waals surface area contributed by atoms with Crippen LogP contribution in [0.25, 0.3) is 22.8 Å². The second-order valence-corrected chi connectivity index (χ2v) is 6.72. The van der Waals surface area contributed by atoms with Gasteiger partial charge in [0.25, 0.3) is 5.91 Å². The zero-order valence-corrected chi connectivity index (χ0v) is 15.6. The molecule has 7 heteroatoms. The van der Waals surface area contributed by atoms with E-state index in [1.165, 1.54) is 0 Å². The first-order valence-electron chi connectivity index (χ1n) is 9.24. The average Bonchev–Trinajstić information content (AvgIpc) is 3.42. The number of carbonyl (C=O) groups is 1. The molecule has 1 saturated heterocycles. The molecule has 1 fully saturated rings. The molecule has 1 aliphatic heterocycles. The van der Waals surface area contributed by atoms with Gasteiger partial charge >= 0.3 is 0 Å². The maximum Gasteiger partial charge on any atom is 0.253 e. The molecule has 2 atom stereocenters. The van der Waals surface area contributed by atoms with Gasteiger partial charge in [0.15, 0.2) is 11.6 Å². The van der Waals surface area contributed by atoms with Crippen molar-refractivity contribution in [3.63, 3.8) is 0 Å². The third-order valence-corrected chi connectivity index (χ3v) is 4.85. The highest BCUT2D eigenvalue weighted by atomic mass is 16.5. The fraction of sp³-hybridized carbons (Fsp3) is 0.286. The van der Waals surface area contributed by atoms with E-state index in [1.54, 1.807) is 7.11 Å². The highest BCUT2D eigenvalue weighted by Crippen LogP contribution is 2.23. The van der Waals surface area contributed by atoms with Gasteiger partial charge in [-0.05, 0) is 30.7 Å². The first-order chi connectivity index (χ1) is 13.7. The fourth-order valence-corrected chi connectivity index (χ4v) is 3.34. The number of hydrogen-bond acceptors (Lipinski definition) is 5. The van der Waals surface area contributed by atoms with E-state index in [1.807, 2.05) is 54.6 Å². The smallest absolute Gasteiger partial charge is 0.253 e. The Hall–Kier alpha value is -3.03. The lowest BCUT2D eigenvalue weighted by atomic mass is 10.0. The van der Waals surface area contributed by atoms with Gasteiger partial charge in [0.2, 0.25) is 0 Å². The number of H-pyrrole nitrogens is 1. The normalized spacial score (nSPS) is 17.4. The Bertz CT molecular complexity index is 918. The Morgan fingerprint density at radius 2 is 1.96 bits per heavy atom. The van der Waals surface area contributed by atoms with Crippen LogP contribution in [0.3, 0.4) is 0 Å². The van der Waals surface area contributed by atoms with Gasteiger partial charge in [0, 0.05) is 36.4 Å². The number of rotatable bonds is 6. The summed E-state index contributed by atoms with van der Waals surface area (Å²) in [6.45, 7) is 1.23. The number of aromatic amines is 1. The van der Waals surface area contributed by atoms with E-state index in [4.69, 9.17) is 9.47 Å². The van der Waals surface area contributed by atoms with E-state index in [9.17, 15) is 4.79 Å². The molecule has 2 N–H and O–H groups in total. The lowest BCUT2D eigenvalue weighted by molar-refractivity contribution is -0.128. The lowest BCUT2D eigenvalue weighted by Crippen LogP contribution is -2.36. The van der Waals surface area contributed by atoms with Gasteiger partial charge in [0.1, 0.15) is 6.10 Å². The molecule has 2 aromatic carbocycles. The van der Waals surface area contributed by atoms with Gasteiger partial charge in [-0.15, -0.1) is 0 Å².